The van der Waals surface area contributed by atoms with E-state index < -0.39 is 0 Å². The summed E-state index contributed by atoms with van der Waals surface area (Å²) in [6, 6.07) is 3.76. The minimum atomic E-state index is -0.264. The molecule has 4 rings (SSSR count). The zero-order chi connectivity index (χ0) is 14.6. The van der Waals surface area contributed by atoms with Gasteiger partial charge in [0.25, 0.3) is 0 Å². The zero-order valence-electron chi connectivity index (χ0n) is 11.7. The summed E-state index contributed by atoms with van der Waals surface area (Å²) in [6.07, 6.45) is -0.251. The molecule has 1 amide bonds. The van der Waals surface area contributed by atoms with Crippen molar-refractivity contribution in [3.63, 3.8) is 0 Å². The summed E-state index contributed by atoms with van der Waals surface area (Å²) in [5.41, 5.74) is 3.67. The van der Waals surface area contributed by atoms with Crippen LogP contribution in [-0.4, -0.2) is 42.7 Å². The molecule has 0 radical (unpaired) electrons. The van der Waals surface area contributed by atoms with Crippen LogP contribution < -0.4 is 5.32 Å². The fraction of sp³-hybridized carbons (Fsp3) is 0.467. The van der Waals surface area contributed by atoms with Gasteiger partial charge in [-0.25, -0.2) is 9.59 Å². The fourth-order valence-electron chi connectivity index (χ4n) is 3.48. The molecule has 21 heavy (non-hydrogen) atoms. The number of nitrogens with one attached hydrogen (secondary N) is 1. The molecule has 3 aliphatic rings. The van der Waals surface area contributed by atoms with Gasteiger partial charge in [0.1, 0.15) is 13.2 Å². The van der Waals surface area contributed by atoms with Gasteiger partial charge in [0.15, 0.2) is 0 Å². The van der Waals surface area contributed by atoms with E-state index in [-0.39, 0.29) is 24.1 Å². The first-order valence-electron chi connectivity index (χ1n) is 7.12. The average Bonchev–Trinajstić information content (AvgIpc) is 3.05. The molecule has 2 atom stereocenters. The van der Waals surface area contributed by atoms with Crippen molar-refractivity contribution in [1.29, 1.82) is 0 Å². The Bertz CT molecular complexity index is 643. The third-order valence-electron chi connectivity index (χ3n) is 4.62. The van der Waals surface area contributed by atoms with Crippen molar-refractivity contribution >= 4 is 12.1 Å². The second-order valence-corrected chi connectivity index (χ2v) is 5.69. The van der Waals surface area contributed by atoms with Crippen molar-refractivity contribution in [1.82, 2.24) is 10.2 Å². The number of amides is 1. The van der Waals surface area contributed by atoms with E-state index in [1.807, 2.05) is 17.9 Å². The lowest BCUT2D eigenvalue weighted by Gasteiger charge is -2.37. The lowest BCUT2D eigenvalue weighted by atomic mass is 9.92. The molecule has 0 saturated carbocycles. The van der Waals surface area contributed by atoms with Gasteiger partial charge < -0.3 is 14.8 Å². The van der Waals surface area contributed by atoms with Crippen LogP contribution in [0.3, 0.4) is 0 Å². The number of benzene rings is 1. The molecule has 2 saturated heterocycles. The van der Waals surface area contributed by atoms with E-state index in [0.29, 0.717) is 25.3 Å². The second kappa shape index (κ2) is 4.46. The Morgan fingerprint density at radius 2 is 2.10 bits per heavy atom. The fourth-order valence-corrected chi connectivity index (χ4v) is 3.48. The topological polar surface area (TPSA) is 67.9 Å². The molecule has 0 spiro atoms. The predicted octanol–water partition coefficient (Wildman–Crippen LogP) is 1.13. The van der Waals surface area contributed by atoms with Crippen LogP contribution in [0.4, 0.5) is 4.79 Å². The normalized spacial score (nSPS) is 27.2. The Labute approximate surface area is 122 Å². The SMILES string of the molecule is Cc1c(C2CNC[C@@H]3COC(=O)N23)ccc2c1COC2=O. The molecule has 0 bridgehead atoms. The highest BCUT2D eigenvalue weighted by molar-refractivity contribution is 5.94. The smallest absolute Gasteiger partial charge is 0.410 e. The third-order valence-corrected chi connectivity index (χ3v) is 4.62. The first kappa shape index (κ1) is 12.6. The third kappa shape index (κ3) is 1.75. The summed E-state index contributed by atoms with van der Waals surface area (Å²) in [6.45, 7) is 4.20. The molecule has 1 aromatic rings. The summed E-state index contributed by atoms with van der Waals surface area (Å²) >= 11 is 0. The minimum Gasteiger partial charge on any atom is -0.457 e. The number of ether oxygens (including phenoxy) is 2. The largest absolute Gasteiger partial charge is 0.457 e. The summed E-state index contributed by atoms with van der Waals surface area (Å²) in [5, 5.41) is 3.36. The monoisotopic (exact) mass is 288 g/mol. The highest BCUT2D eigenvalue weighted by atomic mass is 16.6. The number of cyclic esters (lactones) is 2. The standard InChI is InChI=1S/C15H16N2O4/c1-8-10(2-3-11-12(8)7-20-14(11)18)13-5-16-4-9-6-21-15(19)17(9)13/h2-3,9,13,16H,4-7H2,1H3/t9-,13?/m1/s1. The van der Waals surface area contributed by atoms with E-state index in [0.717, 1.165) is 23.2 Å². The van der Waals surface area contributed by atoms with Gasteiger partial charge in [-0.1, -0.05) is 6.07 Å². The molecule has 1 N–H and O–H groups in total. The van der Waals surface area contributed by atoms with Crippen LogP contribution in [0.2, 0.25) is 0 Å². The Morgan fingerprint density at radius 3 is 2.95 bits per heavy atom. The molecule has 2 fully saturated rings. The molecule has 0 aromatic heterocycles. The molecule has 6 heteroatoms. The minimum absolute atomic E-state index is 0.0558. The maximum Gasteiger partial charge on any atom is 0.410 e. The van der Waals surface area contributed by atoms with E-state index in [1.165, 1.54) is 0 Å². The number of piperazine rings is 1. The van der Waals surface area contributed by atoms with E-state index in [9.17, 15) is 9.59 Å². The molecule has 0 aliphatic carbocycles. The number of fused-ring (bicyclic) bond motifs is 2. The van der Waals surface area contributed by atoms with Crippen molar-refractivity contribution in [3.05, 3.63) is 34.4 Å². The Hall–Kier alpha value is -2.08. The molecular weight excluding hydrogens is 272 g/mol. The number of carbonyl (C=O) groups excluding carboxylic acids is 2. The van der Waals surface area contributed by atoms with E-state index >= 15 is 0 Å². The van der Waals surface area contributed by atoms with Crippen LogP contribution >= 0.6 is 0 Å². The number of nitrogens with zero attached hydrogens (tertiary/aromatic N) is 1. The van der Waals surface area contributed by atoms with Gasteiger partial charge in [-0.15, -0.1) is 0 Å². The lowest BCUT2D eigenvalue weighted by molar-refractivity contribution is 0.0535. The maximum atomic E-state index is 12.0. The predicted molar refractivity (Wildman–Crippen MR) is 72.9 cm³/mol. The number of hydrogen-bond donors (Lipinski definition) is 1. The van der Waals surface area contributed by atoms with Crippen LogP contribution in [0.5, 0.6) is 0 Å². The Morgan fingerprint density at radius 1 is 1.24 bits per heavy atom. The average molecular weight is 288 g/mol. The van der Waals surface area contributed by atoms with Crippen molar-refractivity contribution in [2.24, 2.45) is 0 Å². The number of carbonyl (C=O) groups is 2. The van der Waals surface area contributed by atoms with E-state index in [2.05, 4.69) is 5.32 Å². The van der Waals surface area contributed by atoms with Gasteiger partial charge in [0.05, 0.1) is 17.6 Å². The number of hydrogen-bond acceptors (Lipinski definition) is 5. The van der Waals surface area contributed by atoms with Crippen molar-refractivity contribution in [2.75, 3.05) is 19.7 Å². The zero-order valence-corrected chi connectivity index (χ0v) is 11.7. The quantitative estimate of drug-likeness (QED) is 0.785. The van der Waals surface area contributed by atoms with Gasteiger partial charge in [-0.05, 0) is 24.1 Å². The maximum absolute atomic E-state index is 12.0. The second-order valence-electron chi connectivity index (χ2n) is 5.69. The van der Waals surface area contributed by atoms with E-state index in [1.54, 1.807) is 6.07 Å². The van der Waals surface area contributed by atoms with Gasteiger partial charge >= 0.3 is 12.1 Å². The van der Waals surface area contributed by atoms with Crippen LogP contribution in [0.25, 0.3) is 0 Å². The van der Waals surface area contributed by atoms with Crippen LogP contribution in [0.15, 0.2) is 12.1 Å². The van der Waals surface area contributed by atoms with Crippen molar-refractivity contribution in [2.45, 2.75) is 25.6 Å². The summed E-state index contributed by atoms with van der Waals surface area (Å²) < 4.78 is 10.3. The number of rotatable bonds is 1. The summed E-state index contributed by atoms with van der Waals surface area (Å²) in [7, 11) is 0. The highest BCUT2D eigenvalue weighted by Crippen LogP contribution is 2.35. The van der Waals surface area contributed by atoms with Crippen LogP contribution in [0, 0.1) is 6.92 Å². The van der Waals surface area contributed by atoms with Gasteiger partial charge in [0, 0.05) is 18.7 Å². The van der Waals surface area contributed by atoms with Crippen molar-refractivity contribution < 1.29 is 19.1 Å². The Balaban J connectivity index is 1.76. The highest BCUT2D eigenvalue weighted by Gasteiger charge is 2.42. The summed E-state index contributed by atoms with van der Waals surface area (Å²) in [5.74, 6) is -0.264. The van der Waals surface area contributed by atoms with Crippen LogP contribution in [-0.2, 0) is 16.1 Å². The lowest BCUT2D eigenvalue weighted by Crippen LogP contribution is -2.52. The summed E-state index contributed by atoms with van der Waals surface area (Å²) in [4.78, 5) is 25.4. The van der Waals surface area contributed by atoms with Crippen molar-refractivity contribution in [3.8, 4) is 0 Å². The van der Waals surface area contributed by atoms with Crippen LogP contribution in [0.1, 0.15) is 33.1 Å². The van der Waals surface area contributed by atoms with Gasteiger partial charge in [-0.2, -0.15) is 0 Å². The van der Waals surface area contributed by atoms with E-state index in [4.69, 9.17) is 9.47 Å². The first-order valence-corrected chi connectivity index (χ1v) is 7.12. The number of esters is 1. The molecule has 6 nitrogen and oxygen atoms in total. The molecular formula is C15H16N2O4. The first-order chi connectivity index (χ1) is 10.2. The molecule has 1 unspecified atom stereocenters. The molecule has 3 aliphatic heterocycles. The Kier molecular flexibility index (Phi) is 2.68. The molecule has 110 valence electrons. The molecule has 3 heterocycles. The molecule has 1 aromatic carbocycles. The van der Waals surface area contributed by atoms with Gasteiger partial charge in [-0.3, -0.25) is 4.90 Å². The van der Waals surface area contributed by atoms with Gasteiger partial charge in [0.2, 0.25) is 0 Å².